The first-order valence-electron chi connectivity index (χ1n) is 6.71. The third-order valence-electron chi connectivity index (χ3n) is 3.09. The molecule has 3 aromatic rings. The topological polar surface area (TPSA) is 77.0 Å². The average Bonchev–Trinajstić information content (AvgIpc) is 3.08. The molecule has 0 saturated carbocycles. The van der Waals surface area contributed by atoms with E-state index < -0.39 is 0 Å². The lowest BCUT2D eigenvalue weighted by atomic mass is 10.2. The molecular weight excluding hydrogens is 268 g/mol. The maximum Gasteiger partial charge on any atom is 0.258 e. The summed E-state index contributed by atoms with van der Waals surface area (Å²) < 4.78 is 10.8. The second-order valence-corrected chi connectivity index (χ2v) is 4.89. The second-order valence-electron chi connectivity index (χ2n) is 4.89. The van der Waals surface area contributed by atoms with Crippen LogP contribution < -0.4 is 5.32 Å². The van der Waals surface area contributed by atoms with E-state index >= 15 is 0 Å². The first kappa shape index (κ1) is 13.4. The van der Waals surface area contributed by atoms with Crippen LogP contribution in [0.15, 0.2) is 39.4 Å². The Kier molecular flexibility index (Phi) is 3.43. The predicted octanol–water partition coefficient (Wildman–Crippen LogP) is 3.51. The van der Waals surface area contributed by atoms with Gasteiger partial charge in [-0.2, -0.15) is 4.98 Å². The lowest BCUT2D eigenvalue weighted by molar-refractivity contribution is 0.425. The Morgan fingerprint density at radius 3 is 2.71 bits per heavy atom. The predicted molar refractivity (Wildman–Crippen MR) is 77.7 cm³/mol. The van der Waals surface area contributed by atoms with Crippen molar-refractivity contribution in [1.29, 1.82) is 0 Å². The van der Waals surface area contributed by atoms with Crippen LogP contribution in [0.2, 0.25) is 0 Å². The van der Waals surface area contributed by atoms with Gasteiger partial charge in [-0.25, -0.2) is 4.98 Å². The van der Waals surface area contributed by atoms with Crippen molar-refractivity contribution < 1.29 is 8.94 Å². The highest BCUT2D eigenvalue weighted by Crippen LogP contribution is 2.23. The van der Waals surface area contributed by atoms with Crippen molar-refractivity contribution in [3.05, 3.63) is 47.8 Å². The van der Waals surface area contributed by atoms with Gasteiger partial charge in [-0.15, -0.1) is 0 Å². The normalized spacial score (nSPS) is 12.3. The van der Waals surface area contributed by atoms with Crippen LogP contribution in [0.1, 0.15) is 30.3 Å². The number of aromatic nitrogens is 3. The van der Waals surface area contributed by atoms with Gasteiger partial charge in [0.05, 0.1) is 6.04 Å². The van der Waals surface area contributed by atoms with Gasteiger partial charge >= 0.3 is 0 Å². The fourth-order valence-corrected chi connectivity index (χ4v) is 2.04. The number of aryl methyl sites for hydroxylation is 2. The molecule has 0 spiro atoms. The van der Waals surface area contributed by atoms with Gasteiger partial charge in [0.25, 0.3) is 5.89 Å². The third kappa shape index (κ3) is 2.94. The first-order valence-corrected chi connectivity index (χ1v) is 6.71. The molecule has 0 bridgehead atoms. The van der Waals surface area contributed by atoms with E-state index in [1.807, 2.05) is 38.1 Å². The van der Waals surface area contributed by atoms with Crippen molar-refractivity contribution in [2.75, 3.05) is 5.32 Å². The van der Waals surface area contributed by atoms with Crippen molar-refractivity contribution in [2.45, 2.75) is 26.8 Å². The Morgan fingerprint density at radius 2 is 2.05 bits per heavy atom. The Bertz CT molecular complexity index is 747. The minimum Gasteiger partial charge on any atom is -0.464 e. The van der Waals surface area contributed by atoms with Gasteiger partial charge in [0, 0.05) is 11.8 Å². The van der Waals surface area contributed by atoms with Gasteiger partial charge < -0.3 is 14.3 Å². The van der Waals surface area contributed by atoms with E-state index in [0.717, 1.165) is 22.9 Å². The molecule has 1 unspecified atom stereocenters. The van der Waals surface area contributed by atoms with E-state index in [4.69, 9.17) is 8.94 Å². The molecule has 0 fully saturated rings. The molecule has 0 aliphatic rings. The zero-order chi connectivity index (χ0) is 14.8. The van der Waals surface area contributed by atoms with Crippen LogP contribution in [0.4, 0.5) is 5.82 Å². The van der Waals surface area contributed by atoms with Crippen molar-refractivity contribution in [3.63, 3.8) is 0 Å². The van der Waals surface area contributed by atoms with Crippen LogP contribution in [0.5, 0.6) is 0 Å². The molecular formula is C15H16N4O2. The molecule has 0 aliphatic heterocycles. The summed E-state index contributed by atoms with van der Waals surface area (Å²) in [6, 6.07) is 7.63. The van der Waals surface area contributed by atoms with Crippen LogP contribution in [0.25, 0.3) is 11.5 Å². The zero-order valence-corrected chi connectivity index (χ0v) is 12.1. The van der Waals surface area contributed by atoms with Gasteiger partial charge in [-0.05, 0) is 45.0 Å². The van der Waals surface area contributed by atoms with Crippen molar-refractivity contribution in [2.24, 2.45) is 0 Å². The molecule has 0 aromatic carbocycles. The maximum atomic E-state index is 5.60. The number of rotatable bonds is 4. The smallest absolute Gasteiger partial charge is 0.258 e. The van der Waals surface area contributed by atoms with E-state index in [0.29, 0.717) is 11.7 Å². The monoisotopic (exact) mass is 284 g/mol. The zero-order valence-electron chi connectivity index (χ0n) is 12.1. The largest absolute Gasteiger partial charge is 0.464 e. The highest BCUT2D eigenvalue weighted by molar-refractivity contribution is 5.58. The SMILES string of the molecule is Cc1noc(-c2ccnc(NC(C)c3ccc(C)o3)c2)n1. The summed E-state index contributed by atoms with van der Waals surface area (Å²) in [5.74, 6) is 3.58. The van der Waals surface area contributed by atoms with E-state index in [9.17, 15) is 0 Å². The molecule has 1 atom stereocenters. The Morgan fingerprint density at radius 1 is 1.19 bits per heavy atom. The summed E-state index contributed by atoms with van der Waals surface area (Å²) in [5.41, 5.74) is 0.830. The Hall–Kier alpha value is -2.63. The van der Waals surface area contributed by atoms with Gasteiger partial charge in [0.2, 0.25) is 0 Å². The third-order valence-corrected chi connectivity index (χ3v) is 3.09. The minimum absolute atomic E-state index is 0.0193. The van der Waals surface area contributed by atoms with Crippen LogP contribution in [0.3, 0.4) is 0 Å². The summed E-state index contributed by atoms with van der Waals surface area (Å²) in [6.07, 6.45) is 1.71. The fraction of sp³-hybridized carbons (Fsp3) is 0.267. The highest BCUT2D eigenvalue weighted by Gasteiger charge is 2.12. The van der Waals surface area contributed by atoms with Gasteiger partial charge in [-0.3, -0.25) is 0 Å². The van der Waals surface area contributed by atoms with Crippen molar-refractivity contribution in [1.82, 2.24) is 15.1 Å². The van der Waals surface area contributed by atoms with E-state index in [1.54, 1.807) is 13.1 Å². The standard InChI is InChI=1S/C15H16N4O2/c1-9-4-5-13(20-9)10(2)17-14-8-12(6-7-16-14)15-18-11(3)19-21-15/h4-8,10H,1-3H3,(H,16,17). The molecule has 6 nitrogen and oxygen atoms in total. The molecule has 21 heavy (non-hydrogen) atoms. The summed E-state index contributed by atoms with van der Waals surface area (Å²) in [5, 5.41) is 7.09. The lowest BCUT2D eigenvalue weighted by Gasteiger charge is -2.12. The maximum absolute atomic E-state index is 5.60. The summed E-state index contributed by atoms with van der Waals surface area (Å²) in [6.45, 7) is 5.73. The molecule has 0 aliphatic carbocycles. The van der Waals surface area contributed by atoms with Crippen LogP contribution in [-0.4, -0.2) is 15.1 Å². The molecule has 108 valence electrons. The van der Waals surface area contributed by atoms with Gasteiger partial charge in [0.1, 0.15) is 17.3 Å². The van der Waals surface area contributed by atoms with Crippen LogP contribution in [0, 0.1) is 13.8 Å². The van der Waals surface area contributed by atoms with Crippen LogP contribution >= 0.6 is 0 Å². The number of hydrogen-bond donors (Lipinski definition) is 1. The number of anilines is 1. The highest BCUT2D eigenvalue weighted by atomic mass is 16.5. The number of nitrogens with one attached hydrogen (secondary N) is 1. The van der Waals surface area contributed by atoms with E-state index in [1.165, 1.54) is 0 Å². The molecule has 0 radical (unpaired) electrons. The fourth-order valence-electron chi connectivity index (χ4n) is 2.04. The number of hydrogen-bond acceptors (Lipinski definition) is 6. The number of pyridine rings is 1. The molecule has 6 heteroatoms. The first-order chi connectivity index (χ1) is 10.1. The summed E-state index contributed by atoms with van der Waals surface area (Å²) >= 11 is 0. The van der Waals surface area contributed by atoms with Gasteiger partial charge in [-0.1, -0.05) is 5.16 Å². The van der Waals surface area contributed by atoms with Crippen LogP contribution in [-0.2, 0) is 0 Å². The molecule has 3 rings (SSSR count). The lowest BCUT2D eigenvalue weighted by Crippen LogP contribution is -2.06. The molecule has 3 aromatic heterocycles. The van der Waals surface area contributed by atoms with E-state index in [-0.39, 0.29) is 6.04 Å². The number of furan rings is 1. The summed E-state index contributed by atoms with van der Waals surface area (Å²) in [4.78, 5) is 8.51. The second kappa shape index (κ2) is 5.40. The molecule has 3 heterocycles. The van der Waals surface area contributed by atoms with Crippen molar-refractivity contribution >= 4 is 5.82 Å². The quantitative estimate of drug-likeness (QED) is 0.790. The number of nitrogens with zero attached hydrogens (tertiary/aromatic N) is 3. The molecule has 0 saturated heterocycles. The van der Waals surface area contributed by atoms with E-state index in [2.05, 4.69) is 20.4 Å². The van der Waals surface area contributed by atoms with Crippen molar-refractivity contribution in [3.8, 4) is 11.5 Å². The molecule has 1 N–H and O–H groups in total. The van der Waals surface area contributed by atoms with Gasteiger partial charge in [0.15, 0.2) is 5.82 Å². The summed E-state index contributed by atoms with van der Waals surface area (Å²) in [7, 11) is 0. The molecule has 0 amide bonds. The minimum atomic E-state index is 0.0193. The Labute approximate surface area is 122 Å². The average molecular weight is 284 g/mol. The Balaban J connectivity index is 1.80.